The van der Waals surface area contributed by atoms with Crippen LogP contribution in [0, 0.1) is 11.8 Å². The third-order valence-electron chi connectivity index (χ3n) is 2.84. The molecule has 2 nitrogen and oxygen atoms in total. The molecule has 0 aromatic heterocycles. The Morgan fingerprint density at radius 1 is 1.05 bits per heavy atom. The summed E-state index contributed by atoms with van der Waals surface area (Å²) in [5.74, 6) is 0.978. The second-order valence-electron chi connectivity index (χ2n) is 5.84. The standard InChI is InChI=1S/C17H25NO/c1-13(2)11-18(12-14(3)4)17(19)15(5)16-9-7-6-8-10-16/h6-10,13-14H,5,11-12H2,1-4H3. The Kier molecular flexibility index (Phi) is 5.81. The third kappa shape index (κ3) is 4.90. The molecule has 0 saturated carbocycles. The molecule has 0 aliphatic rings. The number of hydrogen-bond acceptors (Lipinski definition) is 1. The largest absolute Gasteiger partial charge is 0.338 e. The summed E-state index contributed by atoms with van der Waals surface area (Å²) in [6.45, 7) is 14.1. The van der Waals surface area contributed by atoms with Crippen LogP contribution in [-0.2, 0) is 4.79 Å². The first kappa shape index (κ1) is 15.5. The van der Waals surface area contributed by atoms with Gasteiger partial charge >= 0.3 is 0 Å². The third-order valence-corrected chi connectivity index (χ3v) is 2.84. The average molecular weight is 259 g/mol. The Bertz CT molecular complexity index is 410. The van der Waals surface area contributed by atoms with Gasteiger partial charge in [0.2, 0.25) is 0 Å². The molecule has 1 aromatic carbocycles. The Balaban J connectivity index is 2.84. The van der Waals surface area contributed by atoms with Gasteiger partial charge in [-0.25, -0.2) is 0 Å². The zero-order valence-corrected chi connectivity index (χ0v) is 12.5. The summed E-state index contributed by atoms with van der Waals surface area (Å²) < 4.78 is 0. The van der Waals surface area contributed by atoms with Gasteiger partial charge in [0.1, 0.15) is 0 Å². The minimum Gasteiger partial charge on any atom is -0.338 e. The highest BCUT2D eigenvalue weighted by Gasteiger charge is 2.19. The highest BCUT2D eigenvalue weighted by Crippen LogP contribution is 2.17. The van der Waals surface area contributed by atoms with Crippen LogP contribution in [0.4, 0.5) is 0 Å². The van der Waals surface area contributed by atoms with Gasteiger partial charge in [-0.05, 0) is 17.4 Å². The molecule has 0 N–H and O–H groups in total. The van der Waals surface area contributed by atoms with E-state index in [1.54, 1.807) is 0 Å². The Hall–Kier alpha value is -1.57. The maximum atomic E-state index is 12.5. The lowest BCUT2D eigenvalue weighted by atomic mass is 10.0. The SMILES string of the molecule is C=C(C(=O)N(CC(C)C)CC(C)C)c1ccccc1. The van der Waals surface area contributed by atoms with Crippen LogP contribution in [0.5, 0.6) is 0 Å². The van der Waals surface area contributed by atoms with Crippen molar-refractivity contribution in [2.24, 2.45) is 11.8 Å². The summed E-state index contributed by atoms with van der Waals surface area (Å²) in [5.41, 5.74) is 1.49. The fraction of sp³-hybridized carbons (Fsp3) is 0.471. The van der Waals surface area contributed by atoms with Crippen molar-refractivity contribution in [2.45, 2.75) is 27.7 Å². The molecule has 1 amide bonds. The van der Waals surface area contributed by atoms with E-state index in [1.165, 1.54) is 0 Å². The molecule has 0 unspecified atom stereocenters. The number of carbonyl (C=O) groups excluding carboxylic acids is 1. The summed E-state index contributed by atoms with van der Waals surface area (Å²) in [6.07, 6.45) is 0. The van der Waals surface area contributed by atoms with Gasteiger partial charge < -0.3 is 4.90 Å². The molecule has 0 heterocycles. The van der Waals surface area contributed by atoms with Gasteiger partial charge in [0.15, 0.2) is 0 Å². The molecule has 0 bridgehead atoms. The molecule has 0 saturated heterocycles. The lowest BCUT2D eigenvalue weighted by Gasteiger charge is -2.27. The maximum absolute atomic E-state index is 12.5. The smallest absolute Gasteiger partial charge is 0.253 e. The monoisotopic (exact) mass is 259 g/mol. The van der Waals surface area contributed by atoms with Gasteiger partial charge in [-0.2, -0.15) is 0 Å². The zero-order valence-electron chi connectivity index (χ0n) is 12.5. The normalized spacial score (nSPS) is 10.8. The van der Waals surface area contributed by atoms with Crippen LogP contribution in [0.3, 0.4) is 0 Å². The number of amides is 1. The van der Waals surface area contributed by atoms with E-state index < -0.39 is 0 Å². The highest BCUT2D eigenvalue weighted by atomic mass is 16.2. The van der Waals surface area contributed by atoms with Gasteiger partial charge in [-0.3, -0.25) is 4.79 Å². The molecule has 0 aliphatic heterocycles. The van der Waals surface area contributed by atoms with Crippen molar-refractivity contribution in [2.75, 3.05) is 13.1 Å². The maximum Gasteiger partial charge on any atom is 0.253 e. The molecular formula is C17H25NO. The Labute approximate surface area is 117 Å². The number of nitrogens with zero attached hydrogens (tertiary/aromatic N) is 1. The molecule has 0 fully saturated rings. The quantitative estimate of drug-likeness (QED) is 0.711. The average Bonchev–Trinajstić information content (AvgIpc) is 2.36. The summed E-state index contributed by atoms with van der Waals surface area (Å²) in [4.78, 5) is 14.5. The summed E-state index contributed by atoms with van der Waals surface area (Å²) in [6, 6.07) is 9.68. The van der Waals surface area contributed by atoms with Crippen molar-refractivity contribution >= 4 is 11.5 Å². The van der Waals surface area contributed by atoms with Gasteiger partial charge in [-0.15, -0.1) is 0 Å². The number of benzene rings is 1. The van der Waals surface area contributed by atoms with E-state index in [-0.39, 0.29) is 5.91 Å². The summed E-state index contributed by atoms with van der Waals surface area (Å²) >= 11 is 0. The molecule has 1 aromatic rings. The molecule has 19 heavy (non-hydrogen) atoms. The summed E-state index contributed by atoms with van der Waals surface area (Å²) in [7, 11) is 0. The summed E-state index contributed by atoms with van der Waals surface area (Å²) in [5, 5.41) is 0. The topological polar surface area (TPSA) is 20.3 Å². The van der Waals surface area contributed by atoms with E-state index in [0.29, 0.717) is 17.4 Å². The highest BCUT2D eigenvalue weighted by molar-refractivity contribution is 6.18. The van der Waals surface area contributed by atoms with Crippen molar-refractivity contribution in [3.05, 3.63) is 42.5 Å². The first-order valence-corrected chi connectivity index (χ1v) is 6.95. The Morgan fingerprint density at radius 2 is 1.53 bits per heavy atom. The molecule has 0 radical (unpaired) electrons. The van der Waals surface area contributed by atoms with E-state index in [0.717, 1.165) is 18.7 Å². The molecule has 0 atom stereocenters. The van der Waals surface area contributed by atoms with Crippen molar-refractivity contribution in [1.82, 2.24) is 4.90 Å². The minimum atomic E-state index is 0.0496. The molecule has 0 spiro atoms. The Morgan fingerprint density at radius 3 is 1.95 bits per heavy atom. The van der Waals surface area contributed by atoms with Crippen LogP contribution in [0.25, 0.3) is 5.57 Å². The molecular weight excluding hydrogens is 234 g/mol. The number of rotatable bonds is 6. The fourth-order valence-electron chi connectivity index (χ4n) is 2.08. The van der Waals surface area contributed by atoms with E-state index in [9.17, 15) is 4.79 Å². The van der Waals surface area contributed by atoms with Crippen molar-refractivity contribution in [3.8, 4) is 0 Å². The number of hydrogen-bond donors (Lipinski definition) is 0. The molecule has 2 heteroatoms. The van der Waals surface area contributed by atoms with Crippen molar-refractivity contribution in [1.29, 1.82) is 0 Å². The van der Waals surface area contributed by atoms with E-state index in [1.807, 2.05) is 35.2 Å². The van der Waals surface area contributed by atoms with Gasteiger partial charge in [0.05, 0.1) is 0 Å². The second-order valence-corrected chi connectivity index (χ2v) is 5.84. The van der Waals surface area contributed by atoms with E-state index in [2.05, 4.69) is 34.3 Å². The zero-order chi connectivity index (χ0) is 14.4. The van der Waals surface area contributed by atoms with Crippen LogP contribution >= 0.6 is 0 Å². The fourth-order valence-corrected chi connectivity index (χ4v) is 2.08. The predicted octanol–water partition coefficient (Wildman–Crippen LogP) is 3.84. The van der Waals surface area contributed by atoms with Gasteiger partial charge in [0, 0.05) is 18.7 Å². The van der Waals surface area contributed by atoms with Crippen LogP contribution in [0.15, 0.2) is 36.9 Å². The lowest BCUT2D eigenvalue weighted by Crippen LogP contribution is -2.37. The first-order valence-electron chi connectivity index (χ1n) is 6.95. The van der Waals surface area contributed by atoms with Crippen LogP contribution in [0.1, 0.15) is 33.3 Å². The molecule has 1 rings (SSSR count). The van der Waals surface area contributed by atoms with Gasteiger partial charge in [0.25, 0.3) is 5.91 Å². The van der Waals surface area contributed by atoms with Crippen molar-refractivity contribution < 1.29 is 4.79 Å². The van der Waals surface area contributed by atoms with Crippen LogP contribution in [0.2, 0.25) is 0 Å². The minimum absolute atomic E-state index is 0.0496. The molecule has 0 aliphatic carbocycles. The van der Waals surface area contributed by atoms with Crippen LogP contribution < -0.4 is 0 Å². The van der Waals surface area contributed by atoms with Gasteiger partial charge in [-0.1, -0.05) is 64.6 Å². The molecule has 104 valence electrons. The van der Waals surface area contributed by atoms with E-state index >= 15 is 0 Å². The second kappa shape index (κ2) is 7.13. The predicted molar refractivity (Wildman–Crippen MR) is 81.7 cm³/mol. The van der Waals surface area contributed by atoms with E-state index in [4.69, 9.17) is 0 Å². The van der Waals surface area contributed by atoms with Crippen molar-refractivity contribution in [3.63, 3.8) is 0 Å². The van der Waals surface area contributed by atoms with Crippen LogP contribution in [-0.4, -0.2) is 23.9 Å². The first-order chi connectivity index (χ1) is 8.91. The number of carbonyl (C=O) groups is 1. The lowest BCUT2D eigenvalue weighted by molar-refractivity contribution is -0.126.